The van der Waals surface area contributed by atoms with Crippen LogP contribution in [0.5, 0.6) is 11.5 Å². The molecule has 1 atom stereocenters. The van der Waals surface area contributed by atoms with Crippen LogP contribution in [0.4, 0.5) is 11.6 Å². The molecule has 0 saturated carbocycles. The third kappa shape index (κ3) is 4.63. The fraction of sp³-hybridized carbons (Fsp3) is 0.148. The van der Waals surface area contributed by atoms with Crippen LogP contribution in [-0.4, -0.2) is 27.8 Å². The molecule has 0 saturated heterocycles. The number of hydrogen-bond donors (Lipinski definition) is 2. The first-order valence-corrected chi connectivity index (χ1v) is 11.7. The molecule has 1 aromatic heterocycles. The topological polar surface area (TPSA) is 90.3 Å². The van der Waals surface area contributed by atoms with Crippen molar-refractivity contribution >= 4 is 29.1 Å². The summed E-state index contributed by atoms with van der Waals surface area (Å²) in [7, 11) is 1.58. The number of para-hydroxylation sites is 1. The number of amides is 1. The standard InChI is InChI=1S/C27H24ClN5O3/c1-17-24(26(34)32-20-9-4-3-5-10-20)25(33-27(31-17)29-16-30-33)18-12-13-22(23(14-18)35-2)36-15-19-8-6-7-11-21(19)28/h3-14,16,25H,15H2,1-2H3,(H,32,34)(H,29,30,31)/t25-/m0/s1. The average molecular weight is 502 g/mol. The monoisotopic (exact) mass is 501 g/mol. The van der Waals surface area contributed by atoms with Crippen LogP contribution in [-0.2, 0) is 11.4 Å². The molecule has 0 radical (unpaired) electrons. The second kappa shape index (κ2) is 10.1. The van der Waals surface area contributed by atoms with Crippen molar-refractivity contribution in [3.63, 3.8) is 0 Å². The Morgan fingerprint density at radius 3 is 2.64 bits per heavy atom. The first kappa shape index (κ1) is 23.4. The zero-order chi connectivity index (χ0) is 25.1. The Morgan fingerprint density at radius 2 is 1.86 bits per heavy atom. The van der Waals surface area contributed by atoms with Gasteiger partial charge >= 0.3 is 0 Å². The Labute approximate surface area is 213 Å². The van der Waals surface area contributed by atoms with E-state index in [0.29, 0.717) is 46.0 Å². The minimum Gasteiger partial charge on any atom is -0.493 e. The number of methoxy groups -OCH3 is 1. The lowest BCUT2D eigenvalue weighted by atomic mass is 9.94. The number of carbonyl (C=O) groups excluding carboxylic acids is 1. The van der Waals surface area contributed by atoms with Crippen LogP contribution < -0.4 is 20.1 Å². The fourth-order valence-electron chi connectivity index (χ4n) is 4.16. The predicted octanol–water partition coefficient (Wildman–Crippen LogP) is 5.45. The van der Waals surface area contributed by atoms with Gasteiger partial charge in [-0.3, -0.25) is 4.79 Å². The quantitative estimate of drug-likeness (QED) is 0.350. The number of fused-ring (bicyclic) bond motifs is 1. The number of halogens is 1. The van der Waals surface area contributed by atoms with Crippen molar-refractivity contribution in [2.75, 3.05) is 17.7 Å². The summed E-state index contributed by atoms with van der Waals surface area (Å²) >= 11 is 6.27. The number of rotatable bonds is 7. The van der Waals surface area contributed by atoms with E-state index in [1.807, 2.05) is 79.7 Å². The number of allylic oxidation sites excluding steroid dienone is 1. The number of nitrogens with zero attached hydrogens (tertiary/aromatic N) is 3. The zero-order valence-corrected chi connectivity index (χ0v) is 20.5. The Balaban J connectivity index is 1.48. The van der Waals surface area contributed by atoms with Crippen LogP contribution in [0.2, 0.25) is 5.02 Å². The lowest BCUT2D eigenvalue weighted by molar-refractivity contribution is -0.113. The first-order chi connectivity index (χ1) is 17.5. The summed E-state index contributed by atoms with van der Waals surface area (Å²) < 4.78 is 13.4. The third-order valence-corrected chi connectivity index (χ3v) is 6.28. The van der Waals surface area contributed by atoms with Crippen LogP contribution in [0.25, 0.3) is 0 Å². The van der Waals surface area contributed by atoms with E-state index >= 15 is 0 Å². The number of anilines is 2. The van der Waals surface area contributed by atoms with Crippen LogP contribution in [0.15, 0.2) is 90.4 Å². The summed E-state index contributed by atoms with van der Waals surface area (Å²) in [6, 6.07) is 21.9. The molecule has 1 aliphatic rings. The molecule has 2 heterocycles. The molecule has 182 valence electrons. The van der Waals surface area contributed by atoms with Gasteiger partial charge in [-0.25, -0.2) is 4.68 Å². The number of nitrogens with one attached hydrogen (secondary N) is 2. The molecular weight excluding hydrogens is 478 g/mol. The number of ether oxygens (including phenoxy) is 2. The minimum absolute atomic E-state index is 0.240. The molecule has 0 fully saturated rings. The van der Waals surface area contributed by atoms with E-state index in [9.17, 15) is 4.79 Å². The summed E-state index contributed by atoms with van der Waals surface area (Å²) in [6.45, 7) is 2.14. The Bertz CT molecular complexity index is 1430. The molecule has 0 aliphatic carbocycles. The van der Waals surface area contributed by atoms with Gasteiger partial charge in [0.1, 0.15) is 19.0 Å². The summed E-state index contributed by atoms with van der Waals surface area (Å²) in [5.74, 6) is 1.40. The highest BCUT2D eigenvalue weighted by molar-refractivity contribution is 6.31. The average Bonchev–Trinajstić information content (AvgIpc) is 3.36. The Hall–Kier alpha value is -4.30. The number of aromatic nitrogens is 3. The predicted molar refractivity (Wildman–Crippen MR) is 138 cm³/mol. The molecule has 9 heteroatoms. The molecule has 5 rings (SSSR count). The normalized spacial score (nSPS) is 14.6. The van der Waals surface area contributed by atoms with Crippen molar-refractivity contribution in [2.45, 2.75) is 19.6 Å². The van der Waals surface area contributed by atoms with E-state index in [-0.39, 0.29) is 5.91 Å². The van der Waals surface area contributed by atoms with Crippen LogP contribution in [0.1, 0.15) is 24.1 Å². The van der Waals surface area contributed by atoms with Gasteiger partial charge in [-0.15, -0.1) is 0 Å². The van der Waals surface area contributed by atoms with Crippen molar-refractivity contribution in [2.24, 2.45) is 0 Å². The van der Waals surface area contributed by atoms with Gasteiger partial charge in [0.05, 0.1) is 12.7 Å². The van der Waals surface area contributed by atoms with Crippen molar-refractivity contribution in [1.82, 2.24) is 14.8 Å². The molecule has 3 aromatic carbocycles. The number of carbonyl (C=O) groups is 1. The molecule has 36 heavy (non-hydrogen) atoms. The Morgan fingerprint density at radius 1 is 1.08 bits per heavy atom. The summed E-state index contributed by atoms with van der Waals surface area (Å²) in [5.41, 5.74) is 3.57. The van der Waals surface area contributed by atoms with Crippen molar-refractivity contribution in [3.8, 4) is 11.5 Å². The minimum atomic E-state index is -0.529. The van der Waals surface area contributed by atoms with Gasteiger partial charge in [-0.2, -0.15) is 10.1 Å². The lowest BCUT2D eigenvalue weighted by Crippen LogP contribution is -2.31. The fourth-order valence-corrected chi connectivity index (χ4v) is 4.35. The molecule has 0 unspecified atom stereocenters. The smallest absolute Gasteiger partial charge is 0.255 e. The Kier molecular flexibility index (Phi) is 6.60. The number of benzene rings is 3. The van der Waals surface area contributed by atoms with Gasteiger partial charge in [0.15, 0.2) is 11.5 Å². The molecule has 1 amide bonds. The SMILES string of the molecule is COc1cc([C@H]2C(C(=O)Nc3ccccc3)=C(C)Nc3ncnn32)ccc1OCc1ccccc1Cl. The van der Waals surface area contributed by atoms with Gasteiger partial charge in [0.2, 0.25) is 5.95 Å². The van der Waals surface area contributed by atoms with Crippen LogP contribution in [0, 0.1) is 0 Å². The highest BCUT2D eigenvalue weighted by Crippen LogP contribution is 2.39. The van der Waals surface area contributed by atoms with Crippen LogP contribution >= 0.6 is 11.6 Å². The maximum Gasteiger partial charge on any atom is 0.255 e. The summed E-state index contributed by atoms with van der Waals surface area (Å²) in [6.07, 6.45) is 1.46. The van der Waals surface area contributed by atoms with E-state index in [0.717, 1.165) is 11.1 Å². The highest BCUT2D eigenvalue weighted by Gasteiger charge is 2.34. The summed E-state index contributed by atoms with van der Waals surface area (Å²) in [5, 5.41) is 11.2. The molecule has 8 nitrogen and oxygen atoms in total. The second-order valence-corrected chi connectivity index (χ2v) is 8.61. The number of hydrogen-bond acceptors (Lipinski definition) is 6. The largest absolute Gasteiger partial charge is 0.493 e. The van der Waals surface area contributed by atoms with Crippen LogP contribution in [0.3, 0.4) is 0 Å². The zero-order valence-electron chi connectivity index (χ0n) is 19.7. The molecule has 2 N–H and O–H groups in total. The van der Waals surface area contributed by atoms with E-state index in [1.54, 1.807) is 11.8 Å². The van der Waals surface area contributed by atoms with Crippen molar-refractivity contribution in [3.05, 3.63) is 107 Å². The first-order valence-electron chi connectivity index (χ1n) is 11.3. The maximum atomic E-state index is 13.5. The highest BCUT2D eigenvalue weighted by atomic mass is 35.5. The second-order valence-electron chi connectivity index (χ2n) is 8.20. The molecule has 0 spiro atoms. The van der Waals surface area contributed by atoms with Gasteiger partial charge in [0, 0.05) is 22.0 Å². The summed E-state index contributed by atoms with van der Waals surface area (Å²) in [4.78, 5) is 17.8. The van der Waals surface area contributed by atoms with E-state index in [1.165, 1.54) is 6.33 Å². The molecule has 0 bridgehead atoms. The molecule has 1 aliphatic heterocycles. The van der Waals surface area contributed by atoms with Gasteiger partial charge in [0.25, 0.3) is 5.91 Å². The van der Waals surface area contributed by atoms with Gasteiger partial charge in [-0.05, 0) is 42.8 Å². The van der Waals surface area contributed by atoms with Crippen molar-refractivity contribution in [1.29, 1.82) is 0 Å². The lowest BCUT2D eigenvalue weighted by Gasteiger charge is -2.29. The molecular formula is C27H24ClN5O3. The molecule has 4 aromatic rings. The maximum absolute atomic E-state index is 13.5. The van der Waals surface area contributed by atoms with E-state index in [4.69, 9.17) is 21.1 Å². The van der Waals surface area contributed by atoms with Gasteiger partial charge in [-0.1, -0.05) is 54.1 Å². The van der Waals surface area contributed by atoms with E-state index < -0.39 is 6.04 Å². The third-order valence-electron chi connectivity index (χ3n) is 5.92. The van der Waals surface area contributed by atoms with E-state index in [2.05, 4.69) is 20.7 Å². The van der Waals surface area contributed by atoms with Crippen molar-refractivity contribution < 1.29 is 14.3 Å². The van der Waals surface area contributed by atoms with Gasteiger partial charge < -0.3 is 20.1 Å².